The second-order valence-electron chi connectivity index (χ2n) is 8.68. The summed E-state index contributed by atoms with van der Waals surface area (Å²) in [7, 11) is 0. The van der Waals surface area contributed by atoms with Gasteiger partial charge in [0, 0.05) is 30.7 Å². The molecule has 2 aliphatic heterocycles. The van der Waals surface area contributed by atoms with Gasteiger partial charge in [-0.3, -0.25) is 9.59 Å². The number of piperidine rings is 1. The molecule has 32 heavy (non-hydrogen) atoms. The van der Waals surface area contributed by atoms with Crippen LogP contribution in [0.2, 0.25) is 0 Å². The van der Waals surface area contributed by atoms with Crippen LogP contribution in [-0.4, -0.2) is 41.9 Å². The van der Waals surface area contributed by atoms with Crippen molar-refractivity contribution in [3.63, 3.8) is 0 Å². The zero-order valence-electron chi connectivity index (χ0n) is 18.0. The third-order valence-electron chi connectivity index (χ3n) is 6.56. The highest BCUT2D eigenvalue weighted by atomic mass is 16.2. The molecule has 6 nitrogen and oxygen atoms in total. The zero-order valence-corrected chi connectivity index (χ0v) is 18.0. The number of fused-ring (bicyclic) bond motifs is 1. The van der Waals surface area contributed by atoms with E-state index in [0.717, 1.165) is 30.0 Å². The largest absolute Gasteiger partial charge is 0.349 e. The molecular formula is C26H28N4O2. The molecule has 3 aromatic rings. The summed E-state index contributed by atoms with van der Waals surface area (Å²) in [6.07, 6.45) is 2.28. The number of hydrogen-bond acceptors (Lipinski definition) is 4. The summed E-state index contributed by atoms with van der Waals surface area (Å²) >= 11 is 0. The zero-order chi connectivity index (χ0) is 21.9. The fraction of sp³-hybridized carbons (Fsp3) is 0.308. The van der Waals surface area contributed by atoms with Crippen molar-refractivity contribution in [2.45, 2.75) is 37.4 Å². The van der Waals surface area contributed by atoms with Crippen molar-refractivity contribution in [3.8, 4) is 0 Å². The van der Waals surface area contributed by atoms with Gasteiger partial charge in [0.15, 0.2) is 0 Å². The Morgan fingerprint density at radius 1 is 0.844 bits per heavy atom. The first-order valence-corrected chi connectivity index (χ1v) is 11.3. The third kappa shape index (κ3) is 4.38. The average molecular weight is 429 g/mol. The van der Waals surface area contributed by atoms with Gasteiger partial charge < -0.3 is 10.2 Å². The Hall–Kier alpha value is -3.22. The van der Waals surface area contributed by atoms with Gasteiger partial charge in [0.05, 0.1) is 0 Å². The molecule has 0 radical (unpaired) electrons. The van der Waals surface area contributed by atoms with Crippen LogP contribution < -0.4 is 16.2 Å². The van der Waals surface area contributed by atoms with Crippen molar-refractivity contribution in [3.05, 3.63) is 83.9 Å². The molecule has 2 unspecified atom stereocenters. The van der Waals surface area contributed by atoms with Crippen LogP contribution in [0.15, 0.2) is 72.8 Å². The SMILES string of the molecule is O=C(NC1CCN(C(=O)C2CC(c3ccccc3)NN2)CC1)c1ccc2ccccc2c1. The van der Waals surface area contributed by atoms with Gasteiger partial charge in [-0.15, -0.1) is 0 Å². The van der Waals surface area contributed by atoms with Crippen LogP contribution in [-0.2, 0) is 4.79 Å². The van der Waals surface area contributed by atoms with Gasteiger partial charge in [-0.1, -0.05) is 60.7 Å². The molecule has 2 heterocycles. The van der Waals surface area contributed by atoms with E-state index in [0.29, 0.717) is 18.7 Å². The van der Waals surface area contributed by atoms with Crippen molar-refractivity contribution in [2.24, 2.45) is 0 Å². The summed E-state index contributed by atoms with van der Waals surface area (Å²) in [6.45, 7) is 1.32. The van der Waals surface area contributed by atoms with Crippen LogP contribution in [0, 0.1) is 0 Å². The molecule has 0 spiro atoms. The molecule has 2 atom stereocenters. The van der Waals surface area contributed by atoms with Crippen molar-refractivity contribution in [2.75, 3.05) is 13.1 Å². The maximum atomic E-state index is 13.0. The van der Waals surface area contributed by atoms with Gasteiger partial charge in [-0.2, -0.15) is 0 Å². The fourth-order valence-corrected chi connectivity index (χ4v) is 4.69. The number of amides is 2. The minimum atomic E-state index is -0.219. The van der Waals surface area contributed by atoms with E-state index in [-0.39, 0.29) is 29.9 Å². The Labute approximate surface area is 188 Å². The van der Waals surface area contributed by atoms with Crippen molar-refractivity contribution in [1.82, 2.24) is 21.1 Å². The Balaban J connectivity index is 1.13. The molecule has 3 aromatic carbocycles. The smallest absolute Gasteiger partial charge is 0.251 e. The summed E-state index contributed by atoms with van der Waals surface area (Å²) < 4.78 is 0. The van der Waals surface area contributed by atoms with Crippen LogP contribution in [0.25, 0.3) is 10.8 Å². The molecule has 6 heteroatoms. The van der Waals surface area contributed by atoms with Gasteiger partial charge >= 0.3 is 0 Å². The van der Waals surface area contributed by atoms with Gasteiger partial charge in [0.1, 0.15) is 6.04 Å². The number of rotatable bonds is 4. The Bertz CT molecular complexity index is 1110. The van der Waals surface area contributed by atoms with Crippen LogP contribution >= 0.6 is 0 Å². The molecule has 2 saturated heterocycles. The van der Waals surface area contributed by atoms with E-state index in [1.165, 1.54) is 5.56 Å². The molecule has 0 bridgehead atoms. The summed E-state index contributed by atoms with van der Waals surface area (Å²) in [4.78, 5) is 27.7. The molecule has 2 fully saturated rings. The minimum absolute atomic E-state index is 0.0482. The number of likely N-dealkylation sites (tertiary alicyclic amines) is 1. The van der Waals surface area contributed by atoms with Crippen molar-refractivity contribution < 1.29 is 9.59 Å². The van der Waals surface area contributed by atoms with E-state index >= 15 is 0 Å². The summed E-state index contributed by atoms with van der Waals surface area (Å²) in [5.74, 6) is 0.0862. The van der Waals surface area contributed by atoms with E-state index in [1.807, 2.05) is 65.6 Å². The Morgan fingerprint density at radius 2 is 1.56 bits per heavy atom. The second kappa shape index (κ2) is 9.10. The topological polar surface area (TPSA) is 73.5 Å². The lowest BCUT2D eigenvalue weighted by Crippen LogP contribution is -2.51. The van der Waals surface area contributed by atoms with Crippen LogP contribution in [0.3, 0.4) is 0 Å². The average Bonchev–Trinajstić information content (AvgIpc) is 3.35. The van der Waals surface area contributed by atoms with Crippen LogP contribution in [0.5, 0.6) is 0 Å². The van der Waals surface area contributed by atoms with Gasteiger partial charge in [0.25, 0.3) is 5.91 Å². The summed E-state index contributed by atoms with van der Waals surface area (Å²) in [5.41, 5.74) is 8.29. The molecule has 3 N–H and O–H groups in total. The van der Waals surface area contributed by atoms with Crippen molar-refractivity contribution in [1.29, 1.82) is 0 Å². The fourth-order valence-electron chi connectivity index (χ4n) is 4.69. The first-order valence-electron chi connectivity index (χ1n) is 11.3. The van der Waals surface area contributed by atoms with Gasteiger partial charge in [0.2, 0.25) is 5.91 Å². The molecule has 0 saturated carbocycles. The molecule has 0 aliphatic carbocycles. The maximum Gasteiger partial charge on any atom is 0.251 e. The monoisotopic (exact) mass is 428 g/mol. The number of hydrogen-bond donors (Lipinski definition) is 3. The van der Waals surface area contributed by atoms with Crippen LogP contribution in [0.1, 0.15) is 41.2 Å². The minimum Gasteiger partial charge on any atom is -0.349 e. The Morgan fingerprint density at radius 3 is 2.34 bits per heavy atom. The first kappa shape index (κ1) is 20.7. The summed E-state index contributed by atoms with van der Waals surface area (Å²) in [6, 6.07) is 24.0. The molecular weight excluding hydrogens is 400 g/mol. The number of nitrogens with zero attached hydrogens (tertiary/aromatic N) is 1. The number of carbonyl (C=O) groups is 2. The second-order valence-corrected chi connectivity index (χ2v) is 8.68. The molecule has 5 rings (SSSR count). The van der Waals surface area contributed by atoms with Crippen molar-refractivity contribution >= 4 is 22.6 Å². The van der Waals surface area contributed by atoms with Gasteiger partial charge in [-0.05, 0) is 47.7 Å². The lowest BCUT2D eigenvalue weighted by molar-refractivity contribution is -0.134. The lowest BCUT2D eigenvalue weighted by Gasteiger charge is -2.33. The standard InChI is InChI=1S/C26H28N4O2/c31-25(21-11-10-18-6-4-5-9-20(18)16-21)27-22-12-14-30(15-13-22)26(32)24-17-23(28-29-24)19-7-2-1-3-8-19/h1-11,16,22-24,28-29H,12-15,17H2,(H,27,31). The van der Waals surface area contributed by atoms with E-state index < -0.39 is 0 Å². The molecule has 2 amide bonds. The van der Waals surface area contributed by atoms with E-state index in [4.69, 9.17) is 0 Å². The predicted molar refractivity (Wildman–Crippen MR) is 125 cm³/mol. The molecule has 164 valence electrons. The normalized spacial score (nSPS) is 21.6. The highest BCUT2D eigenvalue weighted by Crippen LogP contribution is 2.24. The van der Waals surface area contributed by atoms with Crippen LogP contribution in [0.4, 0.5) is 0 Å². The van der Waals surface area contributed by atoms with E-state index in [1.54, 1.807) is 0 Å². The molecule has 0 aromatic heterocycles. The third-order valence-corrected chi connectivity index (χ3v) is 6.56. The van der Waals surface area contributed by atoms with E-state index in [9.17, 15) is 9.59 Å². The quantitative estimate of drug-likeness (QED) is 0.597. The Kier molecular flexibility index (Phi) is 5.88. The number of nitrogens with one attached hydrogen (secondary N) is 3. The predicted octanol–water partition coefficient (Wildman–Crippen LogP) is 3.17. The lowest BCUT2D eigenvalue weighted by atomic mass is 9.99. The molecule has 2 aliphatic rings. The first-order chi connectivity index (χ1) is 15.7. The highest BCUT2D eigenvalue weighted by Gasteiger charge is 2.34. The maximum absolute atomic E-state index is 13.0. The van der Waals surface area contributed by atoms with Gasteiger partial charge in [-0.25, -0.2) is 10.9 Å². The van der Waals surface area contributed by atoms with E-state index in [2.05, 4.69) is 28.3 Å². The summed E-state index contributed by atoms with van der Waals surface area (Å²) in [5, 5.41) is 5.34. The number of carbonyl (C=O) groups excluding carboxylic acids is 2. The number of benzene rings is 3. The number of hydrazine groups is 1. The highest BCUT2D eigenvalue weighted by molar-refractivity contribution is 5.98.